The lowest BCUT2D eigenvalue weighted by Gasteiger charge is -1.86. The number of hydrogen-bond donors (Lipinski definition) is 2. The number of rotatable bonds is 1. The Bertz CT molecular complexity index is 192. The number of H-pyrrole nitrogens is 1. The summed E-state index contributed by atoms with van der Waals surface area (Å²) in [5.41, 5.74) is 0. The van der Waals surface area contributed by atoms with Crippen molar-refractivity contribution in [1.29, 1.82) is 5.41 Å². The van der Waals surface area contributed by atoms with Gasteiger partial charge in [-0.05, 0) is 6.92 Å². The predicted octanol–water partition coefficient (Wildman–Crippen LogP) is 0.894. The lowest BCUT2D eigenvalue weighted by Crippen LogP contribution is -1.78. The van der Waals surface area contributed by atoms with E-state index >= 15 is 0 Å². The highest BCUT2D eigenvalue weighted by molar-refractivity contribution is 8.13. The molecule has 0 fully saturated rings. The highest BCUT2D eigenvalue weighted by atomic mass is 32.2. The van der Waals surface area contributed by atoms with Crippen molar-refractivity contribution in [3.63, 3.8) is 0 Å². The zero-order valence-corrected chi connectivity index (χ0v) is 5.70. The van der Waals surface area contributed by atoms with Crippen LogP contribution in [0, 0.1) is 5.41 Å². The number of aromatic nitrogens is 3. The van der Waals surface area contributed by atoms with Crippen molar-refractivity contribution in [1.82, 2.24) is 15.4 Å². The molecule has 1 rings (SSSR count). The first-order chi connectivity index (χ1) is 4.29. The Morgan fingerprint density at radius 3 is 3.11 bits per heavy atom. The third-order valence-electron chi connectivity index (χ3n) is 0.651. The molecule has 0 bridgehead atoms. The molecule has 0 aliphatic carbocycles. The minimum absolute atomic E-state index is 0.518. The van der Waals surface area contributed by atoms with E-state index in [-0.39, 0.29) is 0 Å². The van der Waals surface area contributed by atoms with Crippen LogP contribution in [-0.4, -0.2) is 20.5 Å². The monoisotopic (exact) mass is 142 g/mol. The first-order valence-electron chi connectivity index (χ1n) is 2.38. The number of aromatic amines is 1. The van der Waals surface area contributed by atoms with Crippen molar-refractivity contribution in [2.45, 2.75) is 11.9 Å². The highest BCUT2D eigenvalue weighted by Gasteiger charge is 1.95. The van der Waals surface area contributed by atoms with Gasteiger partial charge in [-0.25, -0.2) is 0 Å². The Morgan fingerprint density at radius 2 is 2.67 bits per heavy atom. The van der Waals surface area contributed by atoms with Gasteiger partial charge in [0.2, 0.25) is 0 Å². The molecule has 48 valence electrons. The molecule has 1 heterocycles. The van der Waals surface area contributed by atoms with Gasteiger partial charge in [-0.3, -0.25) is 5.41 Å². The molecule has 0 unspecified atom stereocenters. The van der Waals surface area contributed by atoms with Crippen LogP contribution in [0.2, 0.25) is 0 Å². The summed E-state index contributed by atoms with van der Waals surface area (Å²) in [4.78, 5) is 0. The summed E-state index contributed by atoms with van der Waals surface area (Å²) in [6.07, 6.45) is 1.59. The van der Waals surface area contributed by atoms with E-state index in [9.17, 15) is 0 Å². The normalized spacial score (nSPS) is 9.44. The molecule has 0 saturated heterocycles. The van der Waals surface area contributed by atoms with Crippen molar-refractivity contribution in [2.24, 2.45) is 0 Å². The average Bonchev–Trinajstić information content (AvgIpc) is 2.15. The standard InChI is InChI=1S/C4H6N4S/c1-3(5)9-4-2-6-8-7-4/h2,5H,1H3,(H,6,7,8). The largest absolute Gasteiger partial charge is 0.298 e. The smallest absolute Gasteiger partial charge is 0.144 e. The van der Waals surface area contributed by atoms with Crippen LogP contribution in [0.5, 0.6) is 0 Å². The van der Waals surface area contributed by atoms with Gasteiger partial charge in [0.05, 0.1) is 11.2 Å². The topological polar surface area (TPSA) is 65.4 Å². The molecule has 0 aromatic carbocycles. The van der Waals surface area contributed by atoms with E-state index < -0.39 is 0 Å². The Balaban J connectivity index is 2.58. The minimum Gasteiger partial charge on any atom is -0.298 e. The van der Waals surface area contributed by atoms with E-state index in [4.69, 9.17) is 5.41 Å². The predicted molar refractivity (Wildman–Crippen MR) is 35.6 cm³/mol. The molecule has 9 heavy (non-hydrogen) atoms. The molecule has 5 heteroatoms. The Labute approximate surface area is 56.6 Å². The van der Waals surface area contributed by atoms with Crippen molar-refractivity contribution >= 4 is 16.8 Å². The third-order valence-corrected chi connectivity index (χ3v) is 1.36. The Morgan fingerprint density at radius 1 is 1.89 bits per heavy atom. The van der Waals surface area contributed by atoms with Gasteiger partial charge in [0.25, 0.3) is 0 Å². The molecule has 4 nitrogen and oxygen atoms in total. The molecule has 0 aliphatic heterocycles. The van der Waals surface area contributed by atoms with Crippen LogP contribution in [0.1, 0.15) is 6.92 Å². The molecule has 0 saturated carbocycles. The summed E-state index contributed by atoms with van der Waals surface area (Å²) in [5, 5.41) is 18.1. The summed E-state index contributed by atoms with van der Waals surface area (Å²) in [6.45, 7) is 1.71. The Kier molecular flexibility index (Phi) is 1.84. The molecule has 0 spiro atoms. The molecular weight excluding hydrogens is 136 g/mol. The average molecular weight is 142 g/mol. The maximum atomic E-state index is 7.05. The van der Waals surface area contributed by atoms with E-state index in [2.05, 4.69) is 15.4 Å². The summed E-state index contributed by atoms with van der Waals surface area (Å²) in [5.74, 6) is 0. The molecule has 0 radical (unpaired) electrons. The van der Waals surface area contributed by atoms with E-state index in [0.717, 1.165) is 5.03 Å². The second-order valence-corrected chi connectivity index (χ2v) is 2.70. The van der Waals surface area contributed by atoms with Gasteiger partial charge in [-0.15, -0.1) is 5.10 Å². The first kappa shape index (κ1) is 6.28. The van der Waals surface area contributed by atoms with Crippen LogP contribution in [0.4, 0.5) is 0 Å². The fourth-order valence-corrected chi connectivity index (χ4v) is 0.903. The summed E-state index contributed by atoms with van der Waals surface area (Å²) in [7, 11) is 0. The van der Waals surface area contributed by atoms with E-state index in [1.165, 1.54) is 11.8 Å². The highest BCUT2D eigenvalue weighted by Crippen LogP contribution is 2.12. The molecule has 1 aromatic rings. The maximum Gasteiger partial charge on any atom is 0.144 e. The van der Waals surface area contributed by atoms with E-state index in [1.807, 2.05) is 0 Å². The molecule has 2 N–H and O–H groups in total. The quantitative estimate of drug-likeness (QED) is 0.347. The fraction of sp³-hybridized carbons (Fsp3) is 0.250. The van der Waals surface area contributed by atoms with Crippen LogP contribution in [-0.2, 0) is 0 Å². The second-order valence-electron chi connectivity index (χ2n) is 1.47. The molecule has 0 aliphatic rings. The lowest BCUT2D eigenvalue weighted by atomic mass is 10.9. The first-order valence-corrected chi connectivity index (χ1v) is 3.19. The van der Waals surface area contributed by atoms with Gasteiger partial charge < -0.3 is 0 Å². The van der Waals surface area contributed by atoms with Crippen molar-refractivity contribution in [2.75, 3.05) is 0 Å². The van der Waals surface area contributed by atoms with Crippen molar-refractivity contribution in [3.05, 3.63) is 6.20 Å². The number of thioether (sulfide) groups is 1. The van der Waals surface area contributed by atoms with E-state index in [1.54, 1.807) is 13.1 Å². The fourth-order valence-electron chi connectivity index (χ4n) is 0.397. The van der Waals surface area contributed by atoms with Gasteiger partial charge in [-0.2, -0.15) is 10.3 Å². The summed E-state index contributed by atoms with van der Waals surface area (Å²) in [6, 6.07) is 0. The molecule has 1 aromatic heterocycles. The second kappa shape index (κ2) is 2.63. The molecule has 0 atom stereocenters. The zero-order valence-electron chi connectivity index (χ0n) is 4.88. The Hall–Kier alpha value is -0.840. The summed E-state index contributed by atoms with van der Waals surface area (Å²) >= 11 is 1.28. The van der Waals surface area contributed by atoms with Gasteiger partial charge in [0.1, 0.15) is 5.03 Å². The van der Waals surface area contributed by atoms with E-state index in [0.29, 0.717) is 5.04 Å². The molecular formula is C4H6N4S. The van der Waals surface area contributed by atoms with Crippen LogP contribution >= 0.6 is 11.8 Å². The van der Waals surface area contributed by atoms with Gasteiger partial charge in [0, 0.05) is 0 Å². The molecule has 0 amide bonds. The summed E-state index contributed by atoms with van der Waals surface area (Å²) < 4.78 is 0. The third kappa shape index (κ3) is 1.85. The van der Waals surface area contributed by atoms with Crippen LogP contribution < -0.4 is 0 Å². The van der Waals surface area contributed by atoms with Crippen LogP contribution in [0.3, 0.4) is 0 Å². The zero-order chi connectivity index (χ0) is 6.69. The SMILES string of the molecule is CC(=N)Sc1cn[nH]n1. The lowest BCUT2D eigenvalue weighted by molar-refractivity contribution is 0.912. The maximum absolute atomic E-state index is 7.05. The number of hydrogen-bond acceptors (Lipinski definition) is 4. The van der Waals surface area contributed by atoms with Gasteiger partial charge >= 0.3 is 0 Å². The number of nitrogens with one attached hydrogen (secondary N) is 2. The van der Waals surface area contributed by atoms with Crippen LogP contribution in [0.15, 0.2) is 11.2 Å². The van der Waals surface area contributed by atoms with Crippen molar-refractivity contribution < 1.29 is 0 Å². The van der Waals surface area contributed by atoms with Crippen molar-refractivity contribution in [3.8, 4) is 0 Å². The number of nitrogens with zero attached hydrogens (tertiary/aromatic N) is 2. The van der Waals surface area contributed by atoms with Gasteiger partial charge in [-0.1, -0.05) is 11.8 Å². The van der Waals surface area contributed by atoms with Gasteiger partial charge in [0.15, 0.2) is 0 Å². The minimum atomic E-state index is 0.518. The van der Waals surface area contributed by atoms with Crippen LogP contribution in [0.25, 0.3) is 0 Å².